The Kier molecular flexibility index (Phi) is 4.49. The van der Waals surface area contributed by atoms with Crippen molar-refractivity contribution in [2.45, 2.75) is 26.4 Å². The van der Waals surface area contributed by atoms with Crippen LogP contribution < -0.4 is 14.8 Å². The van der Waals surface area contributed by atoms with Gasteiger partial charge in [-0.25, -0.2) is 4.79 Å². The average Bonchev–Trinajstić information content (AvgIpc) is 2.37. The fourth-order valence-electron chi connectivity index (χ4n) is 1.81. The van der Waals surface area contributed by atoms with Crippen molar-refractivity contribution < 1.29 is 19.0 Å². The lowest BCUT2D eigenvalue weighted by Gasteiger charge is -2.18. The first-order valence-corrected chi connectivity index (χ1v) is 6.48. The number of amides is 1. The second-order valence-corrected chi connectivity index (χ2v) is 4.61. The van der Waals surface area contributed by atoms with Crippen molar-refractivity contribution in [3.8, 4) is 11.5 Å². The SMILES string of the molecule is CC(C)OC(=O)NCCc1ccc2c(c1)OCCO2. The topological polar surface area (TPSA) is 56.8 Å². The predicted molar refractivity (Wildman–Crippen MR) is 70.8 cm³/mol. The highest BCUT2D eigenvalue weighted by molar-refractivity contribution is 5.67. The third kappa shape index (κ3) is 4.05. The average molecular weight is 265 g/mol. The number of benzene rings is 1. The molecule has 0 radical (unpaired) electrons. The molecule has 0 spiro atoms. The summed E-state index contributed by atoms with van der Waals surface area (Å²) in [4.78, 5) is 11.3. The summed E-state index contributed by atoms with van der Waals surface area (Å²) in [6.45, 7) is 5.34. The number of rotatable bonds is 4. The number of fused-ring (bicyclic) bond motifs is 1. The molecule has 2 rings (SSSR count). The molecule has 104 valence electrons. The normalized spacial score (nSPS) is 13.2. The van der Waals surface area contributed by atoms with Crippen molar-refractivity contribution >= 4 is 6.09 Å². The monoisotopic (exact) mass is 265 g/mol. The molecule has 19 heavy (non-hydrogen) atoms. The van der Waals surface area contributed by atoms with Crippen LogP contribution in [0.4, 0.5) is 4.79 Å². The second-order valence-electron chi connectivity index (χ2n) is 4.61. The molecule has 0 aliphatic carbocycles. The largest absolute Gasteiger partial charge is 0.486 e. The molecular weight excluding hydrogens is 246 g/mol. The van der Waals surface area contributed by atoms with E-state index in [9.17, 15) is 4.79 Å². The van der Waals surface area contributed by atoms with Gasteiger partial charge in [0.2, 0.25) is 0 Å². The summed E-state index contributed by atoms with van der Waals surface area (Å²) in [6.07, 6.45) is 0.242. The van der Waals surface area contributed by atoms with Crippen molar-refractivity contribution in [2.24, 2.45) is 0 Å². The Morgan fingerprint density at radius 3 is 2.79 bits per heavy atom. The van der Waals surface area contributed by atoms with Crippen molar-refractivity contribution in [1.29, 1.82) is 0 Å². The van der Waals surface area contributed by atoms with E-state index in [-0.39, 0.29) is 12.2 Å². The number of carbonyl (C=O) groups excluding carboxylic acids is 1. The zero-order chi connectivity index (χ0) is 13.7. The minimum absolute atomic E-state index is 0.103. The summed E-state index contributed by atoms with van der Waals surface area (Å²) in [6, 6.07) is 5.82. The zero-order valence-corrected chi connectivity index (χ0v) is 11.3. The lowest BCUT2D eigenvalue weighted by molar-refractivity contribution is 0.116. The van der Waals surface area contributed by atoms with Crippen LogP contribution in [-0.4, -0.2) is 32.0 Å². The third-order valence-corrected chi connectivity index (χ3v) is 2.63. The van der Waals surface area contributed by atoms with Gasteiger partial charge in [-0.15, -0.1) is 0 Å². The van der Waals surface area contributed by atoms with Crippen LogP contribution in [0.25, 0.3) is 0 Å². The van der Waals surface area contributed by atoms with Crippen LogP contribution in [0.2, 0.25) is 0 Å². The maximum Gasteiger partial charge on any atom is 0.407 e. The molecule has 0 fully saturated rings. The van der Waals surface area contributed by atoms with Gasteiger partial charge in [-0.2, -0.15) is 0 Å². The van der Waals surface area contributed by atoms with Crippen LogP contribution in [0.15, 0.2) is 18.2 Å². The van der Waals surface area contributed by atoms with E-state index in [2.05, 4.69) is 5.32 Å². The lowest BCUT2D eigenvalue weighted by atomic mass is 10.1. The molecular formula is C14H19NO4. The van der Waals surface area contributed by atoms with Gasteiger partial charge in [-0.1, -0.05) is 6.07 Å². The van der Waals surface area contributed by atoms with E-state index in [1.165, 1.54) is 0 Å². The van der Waals surface area contributed by atoms with E-state index in [4.69, 9.17) is 14.2 Å². The first kappa shape index (κ1) is 13.5. The van der Waals surface area contributed by atoms with Crippen LogP contribution in [0.5, 0.6) is 11.5 Å². The van der Waals surface area contributed by atoms with Gasteiger partial charge in [0.1, 0.15) is 13.2 Å². The Hall–Kier alpha value is -1.91. The molecule has 0 saturated carbocycles. The molecule has 0 saturated heterocycles. The zero-order valence-electron chi connectivity index (χ0n) is 11.3. The molecule has 0 aromatic heterocycles. The minimum Gasteiger partial charge on any atom is -0.486 e. The van der Waals surface area contributed by atoms with Crippen LogP contribution in [-0.2, 0) is 11.2 Å². The highest BCUT2D eigenvalue weighted by Gasteiger charge is 2.11. The van der Waals surface area contributed by atoms with Crippen LogP contribution >= 0.6 is 0 Å². The highest BCUT2D eigenvalue weighted by Crippen LogP contribution is 2.30. The summed E-state index contributed by atoms with van der Waals surface area (Å²) in [7, 11) is 0. The van der Waals surface area contributed by atoms with E-state index in [0.717, 1.165) is 23.5 Å². The molecule has 0 unspecified atom stereocenters. The van der Waals surface area contributed by atoms with Gasteiger partial charge in [-0.3, -0.25) is 0 Å². The summed E-state index contributed by atoms with van der Waals surface area (Å²) in [5, 5.41) is 2.71. The number of carbonyl (C=O) groups is 1. The number of nitrogens with one attached hydrogen (secondary N) is 1. The minimum atomic E-state index is -0.382. The summed E-state index contributed by atoms with van der Waals surface area (Å²) >= 11 is 0. The molecule has 1 aliphatic heterocycles. The molecule has 1 aliphatic rings. The Balaban J connectivity index is 1.81. The van der Waals surface area contributed by atoms with Gasteiger partial charge < -0.3 is 19.5 Å². The lowest BCUT2D eigenvalue weighted by Crippen LogP contribution is -2.28. The van der Waals surface area contributed by atoms with E-state index in [1.807, 2.05) is 32.0 Å². The fourth-order valence-corrected chi connectivity index (χ4v) is 1.81. The van der Waals surface area contributed by atoms with Crippen LogP contribution in [0.3, 0.4) is 0 Å². The number of hydrogen-bond acceptors (Lipinski definition) is 4. The molecule has 1 aromatic carbocycles. The Morgan fingerprint density at radius 2 is 2.05 bits per heavy atom. The maximum absolute atomic E-state index is 11.3. The predicted octanol–water partition coefficient (Wildman–Crippen LogP) is 2.13. The quantitative estimate of drug-likeness (QED) is 0.906. The van der Waals surface area contributed by atoms with E-state index >= 15 is 0 Å². The van der Waals surface area contributed by atoms with Crippen LogP contribution in [0.1, 0.15) is 19.4 Å². The van der Waals surface area contributed by atoms with E-state index in [1.54, 1.807) is 0 Å². The van der Waals surface area contributed by atoms with Gasteiger partial charge in [-0.05, 0) is 38.0 Å². The molecule has 0 atom stereocenters. The van der Waals surface area contributed by atoms with E-state index in [0.29, 0.717) is 19.8 Å². The van der Waals surface area contributed by atoms with Crippen LogP contribution in [0, 0.1) is 0 Å². The Labute approximate surface area is 112 Å². The van der Waals surface area contributed by atoms with Gasteiger partial charge in [0.15, 0.2) is 11.5 Å². The fraction of sp³-hybridized carbons (Fsp3) is 0.500. The molecule has 0 bridgehead atoms. The molecule has 1 N–H and O–H groups in total. The highest BCUT2D eigenvalue weighted by atomic mass is 16.6. The summed E-state index contributed by atoms with van der Waals surface area (Å²) < 4.78 is 15.9. The van der Waals surface area contributed by atoms with Crippen molar-refractivity contribution in [2.75, 3.05) is 19.8 Å². The van der Waals surface area contributed by atoms with Crippen molar-refractivity contribution in [3.05, 3.63) is 23.8 Å². The van der Waals surface area contributed by atoms with Crippen molar-refractivity contribution in [1.82, 2.24) is 5.32 Å². The Bertz CT molecular complexity index is 445. The first-order chi connectivity index (χ1) is 9.15. The Morgan fingerprint density at radius 1 is 1.32 bits per heavy atom. The van der Waals surface area contributed by atoms with E-state index < -0.39 is 0 Å². The summed E-state index contributed by atoms with van der Waals surface area (Å²) in [5.41, 5.74) is 1.09. The molecule has 5 nitrogen and oxygen atoms in total. The number of hydrogen-bond donors (Lipinski definition) is 1. The van der Waals surface area contributed by atoms with Gasteiger partial charge in [0, 0.05) is 6.54 Å². The van der Waals surface area contributed by atoms with Gasteiger partial charge in [0.05, 0.1) is 6.10 Å². The third-order valence-electron chi connectivity index (χ3n) is 2.63. The summed E-state index contributed by atoms with van der Waals surface area (Å²) in [5.74, 6) is 1.55. The number of alkyl carbamates (subject to hydrolysis) is 1. The maximum atomic E-state index is 11.3. The molecule has 1 aromatic rings. The van der Waals surface area contributed by atoms with Gasteiger partial charge >= 0.3 is 6.09 Å². The van der Waals surface area contributed by atoms with Gasteiger partial charge in [0.25, 0.3) is 0 Å². The second kappa shape index (κ2) is 6.31. The smallest absolute Gasteiger partial charge is 0.407 e. The standard InChI is InChI=1S/C14H19NO4/c1-10(2)19-14(16)15-6-5-11-3-4-12-13(9-11)18-8-7-17-12/h3-4,9-10H,5-8H2,1-2H3,(H,15,16). The molecule has 1 heterocycles. The number of ether oxygens (including phenoxy) is 3. The molecule has 5 heteroatoms. The first-order valence-electron chi connectivity index (χ1n) is 6.48. The van der Waals surface area contributed by atoms with Crippen molar-refractivity contribution in [3.63, 3.8) is 0 Å². The molecule has 1 amide bonds.